The Hall–Kier alpha value is -3.51. The molecule has 35 heavy (non-hydrogen) atoms. The highest BCUT2D eigenvalue weighted by Gasteiger charge is 2.11. The van der Waals surface area contributed by atoms with Crippen LogP contribution in [0.25, 0.3) is 0 Å². The number of anilines is 2. The van der Waals surface area contributed by atoms with Gasteiger partial charge in [0.05, 0.1) is 17.9 Å². The van der Waals surface area contributed by atoms with Crippen molar-refractivity contribution in [2.24, 2.45) is 10.2 Å². The van der Waals surface area contributed by atoms with Crippen LogP contribution in [0.4, 0.5) is 22.7 Å². The minimum absolute atomic E-state index is 0.00430. The fraction of sp³-hybridized carbons (Fsp3) is 0.345. The van der Waals surface area contributed by atoms with Crippen molar-refractivity contribution in [1.82, 2.24) is 4.90 Å². The SMILES string of the molecule is CCN(CC)CC(=O)Nc1cc(C)c(N=Nc2ccc(N(CC)Cc3ccccc3)cc2)c(C)c1. The zero-order valence-corrected chi connectivity index (χ0v) is 21.6. The van der Waals surface area contributed by atoms with E-state index in [1.165, 1.54) is 5.56 Å². The molecule has 0 saturated heterocycles. The molecule has 0 aromatic heterocycles. The quantitative estimate of drug-likeness (QED) is 0.306. The Morgan fingerprint density at radius 3 is 2.03 bits per heavy atom. The predicted octanol–water partition coefficient (Wildman–Crippen LogP) is 7.03. The second kappa shape index (κ2) is 12.8. The molecule has 1 amide bonds. The zero-order chi connectivity index (χ0) is 25.2. The predicted molar refractivity (Wildman–Crippen MR) is 146 cm³/mol. The highest BCUT2D eigenvalue weighted by Crippen LogP contribution is 2.30. The molecule has 6 nitrogen and oxygen atoms in total. The van der Waals surface area contributed by atoms with Crippen molar-refractivity contribution in [2.45, 2.75) is 41.2 Å². The van der Waals surface area contributed by atoms with Crippen LogP contribution in [0.5, 0.6) is 0 Å². The minimum atomic E-state index is -0.00430. The Bertz CT molecular complexity index is 1100. The Morgan fingerprint density at radius 2 is 1.46 bits per heavy atom. The molecule has 0 atom stereocenters. The number of nitrogens with one attached hydrogen (secondary N) is 1. The maximum Gasteiger partial charge on any atom is 0.238 e. The summed E-state index contributed by atoms with van der Waals surface area (Å²) < 4.78 is 0. The van der Waals surface area contributed by atoms with E-state index in [0.717, 1.165) is 60.1 Å². The third-order valence-corrected chi connectivity index (χ3v) is 6.11. The number of benzene rings is 3. The minimum Gasteiger partial charge on any atom is -0.367 e. The van der Waals surface area contributed by atoms with Crippen LogP contribution in [0.2, 0.25) is 0 Å². The van der Waals surface area contributed by atoms with E-state index in [9.17, 15) is 4.79 Å². The summed E-state index contributed by atoms with van der Waals surface area (Å²) in [6, 6.07) is 22.6. The maximum atomic E-state index is 12.4. The van der Waals surface area contributed by atoms with Crippen molar-refractivity contribution >= 4 is 28.7 Å². The normalized spacial score (nSPS) is 11.3. The van der Waals surface area contributed by atoms with Crippen molar-refractivity contribution < 1.29 is 4.79 Å². The Morgan fingerprint density at radius 1 is 0.829 bits per heavy atom. The number of amides is 1. The van der Waals surface area contributed by atoms with Crippen LogP contribution in [-0.2, 0) is 11.3 Å². The molecule has 1 N–H and O–H groups in total. The average molecular weight is 472 g/mol. The Kier molecular flexibility index (Phi) is 9.56. The zero-order valence-electron chi connectivity index (χ0n) is 21.6. The summed E-state index contributed by atoms with van der Waals surface area (Å²) in [7, 11) is 0. The van der Waals surface area contributed by atoms with E-state index in [-0.39, 0.29) is 5.91 Å². The molecule has 0 fully saturated rings. The molecule has 0 heterocycles. The lowest BCUT2D eigenvalue weighted by Gasteiger charge is -2.23. The molecule has 3 aromatic rings. The molecule has 0 saturated carbocycles. The summed E-state index contributed by atoms with van der Waals surface area (Å²) in [5.74, 6) is -0.00430. The van der Waals surface area contributed by atoms with Gasteiger partial charge in [-0.3, -0.25) is 9.69 Å². The van der Waals surface area contributed by atoms with Crippen molar-refractivity contribution in [2.75, 3.05) is 36.4 Å². The third-order valence-electron chi connectivity index (χ3n) is 6.11. The number of nitrogens with zero attached hydrogens (tertiary/aromatic N) is 4. The van der Waals surface area contributed by atoms with E-state index in [1.54, 1.807) is 0 Å². The van der Waals surface area contributed by atoms with Gasteiger partial charge in [0, 0.05) is 24.5 Å². The number of carbonyl (C=O) groups excluding carboxylic acids is 1. The summed E-state index contributed by atoms with van der Waals surface area (Å²) in [5, 5.41) is 12.0. The number of rotatable bonds is 11. The van der Waals surface area contributed by atoms with Crippen LogP contribution < -0.4 is 10.2 Å². The Balaban J connectivity index is 1.67. The van der Waals surface area contributed by atoms with Gasteiger partial charge < -0.3 is 10.2 Å². The number of aryl methyl sites for hydroxylation is 2. The molecule has 184 valence electrons. The van der Waals surface area contributed by atoms with Crippen LogP contribution in [0.1, 0.15) is 37.5 Å². The lowest BCUT2D eigenvalue weighted by molar-refractivity contribution is -0.117. The number of hydrogen-bond donors (Lipinski definition) is 1. The highest BCUT2D eigenvalue weighted by atomic mass is 16.2. The van der Waals surface area contributed by atoms with Crippen LogP contribution in [0.3, 0.4) is 0 Å². The van der Waals surface area contributed by atoms with Gasteiger partial charge in [0.1, 0.15) is 0 Å². The molecular formula is C29H37N5O. The summed E-state index contributed by atoms with van der Waals surface area (Å²) in [6.45, 7) is 14.2. The first-order valence-electron chi connectivity index (χ1n) is 12.4. The molecule has 3 aromatic carbocycles. The molecule has 0 spiro atoms. The van der Waals surface area contributed by atoms with Crippen LogP contribution in [0, 0.1) is 13.8 Å². The molecule has 0 aliphatic rings. The molecule has 0 bridgehead atoms. The Labute approximate surface area is 209 Å². The second-order valence-electron chi connectivity index (χ2n) is 8.68. The van der Waals surface area contributed by atoms with Gasteiger partial charge in [-0.25, -0.2) is 0 Å². The fourth-order valence-corrected chi connectivity index (χ4v) is 4.06. The highest BCUT2D eigenvalue weighted by molar-refractivity contribution is 5.92. The van der Waals surface area contributed by atoms with Gasteiger partial charge in [0.15, 0.2) is 0 Å². The average Bonchev–Trinajstić information content (AvgIpc) is 2.86. The summed E-state index contributed by atoms with van der Waals surface area (Å²) >= 11 is 0. The molecule has 0 radical (unpaired) electrons. The maximum absolute atomic E-state index is 12.4. The lowest BCUT2D eigenvalue weighted by Crippen LogP contribution is -2.32. The number of hydrogen-bond acceptors (Lipinski definition) is 5. The van der Waals surface area contributed by atoms with Crippen molar-refractivity contribution in [3.8, 4) is 0 Å². The van der Waals surface area contributed by atoms with Crippen LogP contribution in [0.15, 0.2) is 77.0 Å². The fourth-order valence-electron chi connectivity index (χ4n) is 4.06. The summed E-state index contributed by atoms with van der Waals surface area (Å²) in [6.07, 6.45) is 0. The topological polar surface area (TPSA) is 60.3 Å². The standard InChI is InChI=1S/C29H37N5O/c1-6-33(7-2)21-28(35)30-26-18-22(4)29(23(5)19-26)32-31-25-14-16-27(17-15-25)34(8-3)20-24-12-10-9-11-13-24/h9-19H,6-8,20-21H2,1-5H3,(H,30,35). The molecule has 0 aliphatic carbocycles. The van der Waals surface area contributed by atoms with E-state index in [0.29, 0.717) is 6.54 Å². The molecule has 0 aliphatic heterocycles. The third kappa shape index (κ3) is 7.49. The summed E-state index contributed by atoms with van der Waals surface area (Å²) in [4.78, 5) is 16.8. The second-order valence-corrected chi connectivity index (χ2v) is 8.68. The monoisotopic (exact) mass is 471 g/mol. The van der Waals surface area contributed by atoms with E-state index in [2.05, 4.69) is 82.5 Å². The largest absolute Gasteiger partial charge is 0.367 e. The van der Waals surface area contributed by atoms with Crippen molar-refractivity contribution in [1.29, 1.82) is 0 Å². The number of azo groups is 1. The molecule has 3 rings (SSSR count). The van der Waals surface area contributed by atoms with E-state index in [4.69, 9.17) is 0 Å². The first-order chi connectivity index (χ1) is 16.9. The molecular weight excluding hydrogens is 434 g/mol. The first kappa shape index (κ1) is 26.1. The smallest absolute Gasteiger partial charge is 0.238 e. The van der Waals surface area contributed by atoms with E-state index < -0.39 is 0 Å². The molecule has 0 unspecified atom stereocenters. The van der Waals surface area contributed by atoms with E-state index >= 15 is 0 Å². The van der Waals surface area contributed by atoms with Crippen molar-refractivity contribution in [3.63, 3.8) is 0 Å². The van der Waals surface area contributed by atoms with Gasteiger partial charge in [0.2, 0.25) is 5.91 Å². The van der Waals surface area contributed by atoms with Gasteiger partial charge >= 0.3 is 0 Å². The number of likely N-dealkylation sites (N-methyl/N-ethyl adjacent to an activating group) is 1. The van der Waals surface area contributed by atoms with Gasteiger partial charge in [-0.15, -0.1) is 0 Å². The van der Waals surface area contributed by atoms with Gasteiger partial charge in [-0.1, -0.05) is 44.2 Å². The van der Waals surface area contributed by atoms with Crippen LogP contribution >= 0.6 is 0 Å². The number of carbonyl (C=O) groups is 1. The van der Waals surface area contributed by atoms with Gasteiger partial charge in [0.25, 0.3) is 0 Å². The van der Waals surface area contributed by atoms with Gasteiger partial charge in [-0.2, -0.15) is 10.2 Å². The molecule has 6 heteroatoms. The van der Waals surface area contributed by atoms with E-state index in [1.807, 2.05) is 44.2 Å². The van der Waals surface area contributed by atoms with Crippen molar-refractivity contribution in [3.05, 3.63) is 83.4 Å². The lowest BCUT2D eigenvalue weighted by atomic mass is 10.1. The first-order valence-corrected chi connectivity index (χ1v) is 12.4. The van der Waals surface area contributed by atoms with Crippen LogP contribution in [-0.4, -0.2) is 37.0 Å². The van der Waals surface area contributed by atoms with Gasteiger partial charge in [-0.05, 0) is 86.9 Å². The summed E-state index contributed by atoms with van der Waals surface area (Å²) in [5.41, 5.74) is 6.82.